The van der Waals surface area contributed by atoms with Crippen LogP contribution in [0.5, 0.6) is 0 Å². The number of aromatic nitrogens is 2. The van der Waals surface area contributed by atoms with Crippen molar-refractivity contribution in [1.29, 1.82) is 0 Å². The first-order chi connectivity index (χ1) is 24.6. The second-order valence-electron chi connectivity index (χ2n) is 12.7. The van der Waals surface area contributed by atoms with Crippen LogP contribution in [0.2, 0.25) is 0 Å². The summed E-state index contributed by atoms with van der Waals surface area (Å²) in [6.45, 7) is 4.43. The summed E-state index contributed by atoms with van der Waals surface area (Å²) in [6.07, 6.45) is 1.91. The van der Waals surface area contributed by atoms with Crippen LogP contribution in [0.3, 0.4) is 0 Å². The summed E-state index contributed by atoms with van der Waals surface area (Å²) in [7, 11) is 0. The molecule has 0 saturated carbocycles. The van der Waals surface area contributed by atoms with Gasteiger partial charge in [-0.25, -0.2) is 4.98 Å². The number of pyridine rings is 1. The number of rotatable bonds is 7. The number of para-hydroxylation sites is 5. The van der Waals surface area contributed by atoms with Crippen molar-refractivity contribution in [3.8, 4) is 5.82 Å². The molecule has 0 spiro atoms. The Morgan fingerprint density at radius 3 is 2.10 bits per heavy atom. The third-order valence-electron chi connectivity index (χ3n) is 9.24. The van der Waals surface area contributed by atoms with E-state index in [0.29, 0.717) is 5.92 Å². The van der Waals surface area contributed by atoms with Crippen molar-refractivity contribution < 1.29 is 26.0 Å². The van der Waals surface area contributed by atoms with Crippen LogP contribution in [0.4, 0.5) is 39.8 Å². The molecule has 0 saturated heterocycles. The van der Waals surface area contributed by atoms with Crippen LogP contribution in [0.15, 0.2) is 158 Å². The maximum absolute atomic E-state index is 5.07. The van der Waals surface area contributed by atoms with Gasteiger partial charge < -0.3 is 9.47 Å². The van der Waals surface area contributed by atoms with E-state index in [-0.39, 0.29) is 21.1 Å². The molecule has 6 nitrogen and oxygen atoms in total. The number of hydrogen-bond donors (Lipinski definition) is 0. The standard InChI is InChI=1S/C44H33N5O.Pt/c1-31(2)32-26-27-45-44(28-32)47-40-21-10-9-20-38(40)39-25-24-36(30-43(39)47)46(33-14-5-3-6-15-33)35-18-13-19-37(29-35)49-42-23-12-11-22-41(42)48(50-49)34-16-7-4-8-17-34;/h3-28,31H,1-2H3;/q-2;/p+1. The molecule has 3 heterocycles. The van der Waals surface area contributed by atoms with Crippen LogP contribution in [0, 0.1) is 12.1 Å². The van der Waals surface area contributed by atoms with Gasteiger partial charge in [-0.1, -0.05) is 103 Å². The van der Waals surface area contributed by atoms with Gasteiger partial charge in [-0.2, -0.15) is 17.1 Å². The van der Waals surface area contributed by atoms with E-state index in [1.54, 1.807) is 0 Å². The van der Waals surface area contributed by atoms with Gasteiger partial charge in [-0.05, 0) is 71.5 Å². The molecule has 0 bridgehead atoms. The van der Waals surface area contributed by atoms with Crippen molar-refractivity contribution >= 4 is 61.6 Å². The van der Waals surface area contributed by atoms with E-state index in [1.165, 1.54) is 10.9 Å². The Kier molecular flexibility index (Phi) is 8.64. The molecular weight excluding hydrogens is 810 g/mol. The summed E-state index contributed by atoms with van der Waals surface area (Å²) in [5.41, 5.74) is 9.92. The van der Waals surface area contributed by atoms with Gasteiger partial charge in [0.25, 0.3) is 0 Å². The largest absolute Gasteiger partial charge is 0.358 e. The molecule has 0 atom stereocenters. The van der Waals surface area contributed by atoms with Crippen LogP contribution < -0.4 is 15.0 Å². The van der Waals surface area contributed by atoms with E-state index in [0.717, 1.165) is 62.0 Å². The first-order valence-corrected chi connectivity index (χ1v) is 16.9. The van der Waals surface area contributed by atoms with E-state index in [4.69, 9.17) is 9.92 Å². The van der Waals surface area contributed by atoms with E-state index in [1.807, 2.05) is 52.7 Å². The monoisotopic (exact) mass is 843 g/mol. The molecule has 252 valence electrons. The van der Waals surface area contributed by atoms with Gasteiger partial charge in [0.15, 0.2) is 0 Å². The van der Waals surface area contributed by atoms with E-state index in [9.17, 15) is 0 Å². The predicted molar refractivity (Wildman–Crippen MR) is 204 cm³/mol. The summed E-state index contributed by atoms with van der Waals surface area (Å²) in [4.78, 5) is 12.1. The molecule has 9 rings (SSSR count). The molecule has 8 aromatic rings. The maximum atomic E-state index is 5.07. The van der Waals surface area contributed by atoms with E-state index in [2.05, 4.69) is 151 Å². The van der Waals surface area contributed by atoms with Crippen LogP contribution in [0.1, 0.15) is 25.3 Å². The summed E-state index contributed by atoms with van der Waals surface area (Å²) >= 11 is 0. The fraction of sp³-hybridized carbons (Fsp3) is 0.0682. The first kappa shape index (κ1) is 32.5. The van der Waals surface area contributed by atoms with Crippen molar-refractivity contribution in [2.24, 2.45) is 0 Å². The molecule has 0 radical (unpaired) electrons. The molecule has 1 aliphatic heterocycles. The Hall–Kier alpha value is -5.68. The van der Waals surface area contributed by atoms with Gasteiger partial charge in [0, 0.05) is 44.2 Å². The Morgan fingerprint density at radius 1 is 0.627 bits per heavy atom. The van der Waals surface area contributed by atoms with E-state index < -0.39 is 0 Å². The summed E-state index contributed by atoms with van der Waals surface area (Å²) in [6, 6.07) is 59.9. The second kappa shape index (κ2) is 13.6. The third kappa shape index (κ3) is 5.77. The van der Waals surface area contributed by atoms with Crippen LogP contribution in [-0.4, -0.2) is 14.5 Å². The minimum absolute atomic E-state index is 0. The first-order valence-electron chi connectivity index (χ1n) is 16.9. The van der Waals surface area contributed by atoms with Crippen molar-refractivity contribution in [2.75, 3.05) is 15.0 Å². The SMILES string of the molecule is CC(C)c1ccnc(-n2c3[c-]c(N(c4[c-]c(N5[OH+]N(c6ccccc6)c6ccccc65)ccc4)c4ccccc4)ccc3c3ccccc32)c1.[Pt]. The molecule has 1 aliphatic rings. The fourth-order valence-corrected chi connectivity index (χ4v) is 6.80. The van der Waals surface area contributed by atoms with Crippen molar-refractivity contribution in [3.63, 3.8) is 0 Å². The molecule has 0 amide bonds. The Balaban J connectivity index is 0.00000374. The smallest absolute Gasteiger partial charge is 0.148 e. The second-order valence-corrected chi connectivity index (χ2v) is 12.7. The zero-order valence-corrected chi connectivity index (χ0v) is 30.4. The van der Waals surface area contributed by atoms with E-state index >= 15 is 0 Å². The zero-order chi connectivity index (χ0) is 33.6. The number of nitrogens with zero attached hydrogens (tertiary/aromatic N) is 5. The van der Waals surface area contributed by atoms with Crippen molar-refractivity contribution in [2.45, 2.75) is 19.8 Å². The maximum Gasteiger partial charge on any atom is 0.148 e. The number of benzene rings is 6. The Morgan fingerprint density at radius 2 is 1.31 bits per heavy atom. The average Bonchev–Trinajstić information content (AvgIpc) is 3.72. The molecule has 0 fully saturated rings. The Bertz CT molecular complexity index is 2480. The predicted octanol–water partition coefficient (Wildman–Crippen LogP) is 11.5. The fourth-order valence-electron chi connectivity index (χ4n) is 6.80. The van der Waals surface area contributed by atoms with Crippen LogP contribution in [0.25, 0.3) is 27.6 Å². The van der Waals surface area contributed by atoms with Gasteiger partial charge in [0.2, 0.25) is 0 Å². The topological polar surface area (TPSA) is 40.3 Å². The zero-order valence-electron chi connectivity index (χ0n) is 28.1. The molecule has 1 N–H and O–H groups in total. The molecule has 6 aromatic carbocycles. The summed E-state index contributed by atoms with van der Waals surface area (Å²) in [5.74, 6) is 1.27. The molecule has 0 aliphatic carbocycles. The molecular formula is C44H34N5OPt-. The quantitative estimate of drug-likeness (QED) is 0.118. The average molecular weight is 844 g/mol. The van der Waals surface area contributed by atoms with Crippen LogP contribution in [-0.2, 0) is 21.1 Å². The van der Waals surface area contributed by atoms with Gasteiger partial charge >= 0.3 is 0 Å². The molecule has 7 heteroatoms. The van der Waals surface area contributed by atoms with Crippen molar-refractivity contribution in [3.05, 3.63) is 176 Å². The molecule has 51 heavy (non-hydrogen) atoms. The van der Waals surface area contributed by atoms with Gasteiger partial charge in [-0.15, -0.1) is 40.8 Å². The van der Waals surface area contributed by atoms with Gasteiger partial charge in [0.05, 0.1) is 0 Å². The summed E-state index contributed by atoms with van der Waals surface area (Å²) in [5, 5.41) is 6.24. The number of anilines is 7. The minimum Gasteiger partial charge on any atom is -0.358 e. The van der Waals surface area contributed by atoms with Gasteiger partial charge in [-0.3, -0.25) is 0 Å². The van der Waals surface area contributed by atoms with Crippen molar-refractivity contribution in [1.82, 2.24) is 9.55 Å². The summed E-state index contributed by atoms with van der Waals surface area (Å²) < 4.78 is 2.24. The normalized spacial score (nSPS) is 12.4. The number of fused-ring (bicyclic) bond motifs is 4. The molecule has 2 aromatic heterocycles. The van der Waals surface area contributed by atoms with Gasteiger partial charge in [0.1, 0.15) is 22.9 Å². The van der Waals surface area contributed by atoms with Crippen LogP contribution >= 0.6 is 0 Å². The minimum atomic E-state index is 0. The number of hydrogen-bond acceptors (Lipinski definition) is 4. The third-order valence-corrected chi connectivity index (χ3v) is 9.24. The Labute approximate surface area is 311 Å². The molecule has 0 unspecified atom stereocenters.